The molecule has 112 valence electrons. The number of benzene rings is 1. The van der Waals surface area contributed by atoms with Gasteiger partial charge in [-0.15, -0.1) is 0 Å². The lowest BCUT2D eigenvalue weighted by atomic mass is 10.0. The number of hydrogen-bond donors (Lipinski definition) is 1. The van der Waals surface area contributed by atoms with Crippen LogP contribution in [0, 0.1) is 0 Å². The van der Waals surface area contributed by atoms with E-state index in [0.717, 1.165) is 35.6 Å². The second-order valence-corrected chi connectivity index (χ2v) is 5.70. The zero-order valence-electron chi connectivity index (χ0n) is 12.7. The van der Waals surface area contributed by atoms with Crippen molar-refractivity contribution in [1.82, 2.24) is 14.7 Å². The summed E-state index contributed by atoms with van der Waals surface area (Å²) in [6.07, 6.45) is 0. The van der Waals surface area contributed by atoms with Crippen molar-refractivity contribution in [1.29, 1.82) is 0 Å². The van der Waals surface area contributed by atoms with E-state index in [1.165, 1.54) is 0 Å². The third kappa shape index (κ3) is 3.28. The van der Waals surface area contributed by atoms with Crippen molar-refractivity contribution in [2.24, 2.45) is 5.73 Å². The monoisotopic (exact) mass is 304 g/mol. The summed E-state index contributed by atoms with van der Waals surface area (Å²) in [5.74, 6) is 0. The number of halogens is 1. The van der Waals surface area contributed by atoms with Gasteiger partial charge >= 0.3 is 0 Å². The van der Waals surface area contributed by atoms with E-state index in [4.69, 9.17) is 22.4 Å². The molecule has 4 nitrogen and oxygen atoms in total. The SMILES string of the molecule is C=C(N)c1c(-c2cccc(Cl)c2)nn(CC)c1CN(C)C. The number of aromatic nitrogens is 2. The second kappa shape index (κ2) is 6.33. The predicted octanol–water partition coefficient (Wildman–Crippen LogP) is 3.21. The maximum absolute atomic E-state index is 6.09. The lowest BCUT2D eigenvalue weighted by Gasteiger charge is -2.13. The molecule has 0 saturated carbocycles. The summed E-state index contributed by atoms with van der Waals surface area (Å²) in [5.41, 5.74) is 10.3. The van der Waals surface area contributed by atoms with Gasteiger partial charge in [-0.05, 0) is 33.2 Å². The molecule has 2 aromatic rings. The molecule has 1 aromatic carbocycles. The summed E-state index contributed by atoms with van der Waals surface area (Å²) in [5, 5.41) is 5.39. The Morgan fingerprint density at radius 2 is 2.14 bits per heavy atom. The Hall–Kier alpha value is -1.78. The number of aryl methyl sites for hydroxylation is 1. The van der Waals surface area contributed by atoms with Gasteiger partial charge in [-0.25, -0.2) is 0 Å². The molecule has 0 radical (unpaired) electrons. The van der Waals surface area contributed by atoms with Crippen LogP contribution in [0.3, 0.4) is 0 Å². The van der Waals surface area contributed by atoms with Gasteiger partial charge in [-0.3, -0.25) is 4.68 Å². The fraction of sp³-hybridized carbons (Fsp3) is 0.312. The fourth-order valence-corrected chi connectivity index (χ4v) is 2.58. The summed E-state index contributed by atoms with van der Waals surface area (Å²) in [7, 11) is 4.05. The van der Waals surface area contributed by atoms with Gasteiger partial charge in [0.2, 0.25) is 0 Å². The second-order valence-electron chi connectivity index (χ2n) is 5.26. The lowest BCUT2D eigenvalue weighted by molar-refractivity contribution is 0.383. The van der Waals surface area contributed by atoms with Gasteiger partial charge in [-0.2, -0.15) is 5.10 Å². The number of nitrogens with two attached hydrogens (primary N) is 1. The van der Waals surface area contributed by atoms with Crippen LogP contribution in [0.15, 0.2) is 30.8 Å². The van der Waals surface area contributed by atoms with E-state index in [1.807, 2.05) is 43.0 Å². The molecule has 0 unspecified atom stereocenters. The molecule has 0 atom stereocenters. The van der Waals surface area contributed by atoms with Crippen LogP contribution in [0.25, 0.3) is 17.0 Å². The Morgan fingerprint density at radius 3 is 2.67 bits per heavy atom. The first-order chi connectivity index (χ1) is 9.93. The fourth-order valence-electron chi connectivity index (χ4n) is 2.39. The molecule has 21 heavy (non-hydrogen) atoms. The van der Waals surface area contributed by atoms with E-state index >= 15 is 0 Å². The minimum absolute atomic E-state index is 0.529. The summed E-state index contributed by atoms with van der Waals surface area (Å²) >= 11 is 6.09. The highest BCUT2D eigenvalue weighted by Gasteiger charge is 2.20. The molecule has 5 heteroatoms. The van der Waals surface area contributed by atoms with Crippen molar-refractivity contribution >= 4 is 17.3 Å². The molecule has 2 rings (SSSR count). The Labute approximate surface area is 130 Å². The number of rotatable bonds is 5. The molecule has 1 aromatic heterocycles. The van der Waals surface area contributed by atoms with E-state index < -0.39 is 0 Å². The maximum atomic E-state index is 6.09. The normalized spacial score (nSPS) is 11.1. The summed E-state index contributed by atoms with van der Waals surface area (Å²) in [4.78, 5) is 2.09. The first-order valence-corrected chi connectivity index (χ1v) is 7.27. The van der Waals surface area contributed by atoms with Crippen molar-refractivity contribution in [3.63, 3.8) is 0 Å². The van der Waals surface area contributed by atoms with Gasteiger partial charge < -0.3 is 10.6 Å². The minimum atomic E-state index is 0.529. The van der Waals surface area contributed by atoms with Crippen LogP contribution in [-0.4, -0.2) is 28.8 Å². The first kappa shape index (κ1) is 15.6. The zero-order chi connectivity index (χ0) is 15.6. The highest BCUT2D eigenvalue weighted by atomic mass is 35.5. The summed E-state index contributed by atoms with van der Waals surface area (Å²) in [6, 6.07) is 7.65. The average molecular weight is 305 g/mol. The molecule has 1 heterocycles. The average Bonchev–Trinajstić information content (AvgIpc) is 2.76. The van der Waals surface area contributed by atoms with E-state index in [-0.39, 0.29) is 0 Å². The maximum Gasteiger partial charge on any atom is 0.102 e. The Morgan fingerprint density at radius 1 is 1.43 bits per heavy atom. The summed E-state index contributed by atoms with van der Waals surface area (Å²) in [6.45, 7) is 7.53. The molecular weight excluding hydrogens is 284 g/mol. The molecule has 0 fully saturated rings. The van der Waals surface area contributed by atoms with E-state index in [1.54, 1.807) is 0 Å². The first-order valence-electron chi connectivity index (χ1n) is 6.89. The Bertz CT molecular complexity index is 658. The Kier molecular flexibility index (Phi) is 4.70. The van der Waals surface area contributed by atoms with Crippen molar-refractivity contribution in [2.45, 2.75) is 20.0 Å². The zero-order valence-corrected chi connectivity index (χ0v) is 13.5. The quantitative estimate of drug-likeness (QED) is 0.922. The highest BCUT2D eigenvalue weighted by molar-refractivity contribution is 6.30. The van der Waals surface area contributed by atoms with Gasteiger partial charge in [0.15, 0.2) is 0 Å². The van der Waals surface area contributed by atoms with Crippen molar-refractivity contribution in [3.05, 3.63) is 47.1 Å². The molecule has 0 bridgehead atoms. The third-order valence-corrected chi connectivity index (χ3v) is 3.48. The standard InChI is InChI=1S/C16H21ClN4/c1-5-21-14(10-20(3)4)15(11(2)18)16(19-21)12-7-6-8-13(17)9-12/h6-9H,2,5,10,18H2,1,3-4H3. The number of nitrogens with zero attached hydrogens (tertiary/aromatic N) is 3. The van der Waals surface area contributed by atoms with Gasteiger partial charge in [0, 0.05) is 34.9 Å². The molecule has 0 aliphatic heterocycles. The topological polar surface area (TPSA) is 47.1 Å². The molecule has 0 aliphatic carbocycles. The van der Waals surface area contributed by atoms with E-state index in [9.17, 15) is 0 Å². The third-order valence-electron chi connectivity index (χ3n) is 3.24. The van der Waals surface area contributed by atoms with Crippen LogP contribution in [-0.2, 0) is 13.1 Å². The molecule has 0 aliphatic rings. The predicted molar refractivity (Wildman–Crippen MR) is 89.0 cm³/mol. The molecule has 0 saturated heterocycles. The van der Waals surface area contributed by atoms with E-state index in [0.29, 0.717) is 10.7 Å². The molecular formula is C16H21ClN4. The van der Waals surface area contributed by atoms with Crippen molar-refractivity contribution in [2.75, 3.05) is 14.1 Å². The molecule has 0 spiro atoms. The van der Waals surface area contributed by atoms with Crippen LogP contribution < -0.4 is 5.73 Å². The summed E-state index contributed by atoms with van der Waals surface area (Å²) < 4.78 is 1.98. The Balaban J connectivity index is 2.66. The van der Waals surface area contributed by atoms with Crippen LogP contribution in [0.5, 0.6) is 0 Å². The van der Waals surface area contributed by atoms with Crippen LogP contribution in [0.1, 0.15) is 18.2 Å². The van der Waals surface area contributed by atoms with Crippen LogP contribution in [0.4, 0.5) is 0 Å². The van der Waals surface area contributed by atoms with Gasteiger partial charge in [0.25, 0.3) is 0 Å². The minimum Gasteiger partial charge on any atom is -0.399 e. The van der Waals surface area contributed by atoms with Crippen molar-refractivity contribution < 1.29 is 0 Å². The van der Waals surface area contributed by atoms with Gasteiger partial charge in [0.05, 0.1) is 5.69 Å². The molecule has 0 amide bonds. The smallest absolute Gasteiger partial charge is 0.102 e. The van der Waals surface area contributed by atoms with Crippen molar-refractivity contribution in [3.8, 4) is 11.3 Å². The van der Waals surface area contributed by atoms with Gasteiger partial charge in [-0.1, -0.05) is 30.3 Å². The lowest BCUT2D eigenvalue weighted by Crippen LogP contribution is -2.16. The number of hydrogen-bond acceptors (Lipinski definition) is 3. The highest BCUT2D eigenvalue weighted by Crippen LogP contribution is 2.30. The molecule has 2 N–H and O–H groups in total. The van der Waals surface area contributed by atoms with Gasteiger partial charge in [0.1, 0.15) is 5.69 Å². The largest absolute Gasteiger partial charge is 0.399 e. The van der Waals surface area contributed by atoms with Crippen LogP contribution >= 0.6 is 11.6 Å². The van der Waals surface area contributed by atoms with Crippen LogP contribution in [0.2, 0.25) is 5.02 Å². The van der Waals surface area contributed by atoms with E-state index in [2.05, 4.69) is 18.4 Å².